The third-order valence-electron chi connectivity index (χ3n) is 2.85. The molecule has 0 aromatic rings. The first-order valence-corrected chi connectivity index (χ1v) is 7.67. The van der Waals surface area contributed by atoms with Gasteiger partial charge in [-0.3, -0.25) is 4.79 Å². The van der Waals surface area contributed by atoms with E-state index >= 15 is 0 Å². The molecule has 0 rings (SSSR count). The molecule has 2 nitrogen and oxygen atoms in total. The summed E-state index contributed by atoms with van der Waals surface area (Å²) in [7, 11) is -1.75. The van der Waals surface area contributed by atoms with Gasteiger partial charge in [-0.2, -0.15) is 0 Å². The van der Waals surface area contributed by atoms with Crippen LogP contribution in [0.3, 0.4) is 0 Å². The summed E-state index contributed by atoms with van der Waals surface area (Å²) in [5.74, 6) is 0.116. The van der Waals surface area contributed by atoms with Crippen molar-refractivity contribution >= 4 is 14.1 Å². The minimum atomic E-state index is -1.75. The topological polar surface area (TPSA) is 26.3 Å². The van der Waals surface area contributed by atoms with E-state index in [0.717, 1.165) is 0 Å². The van der Waals surface area contributed by atoms with Crippen molar-refractivity contribution in [2.75, 3.05) is 0 Å². The lowest BCUT2D eigenvalue weighted by Crippen LogP contribution is -2.44. The Morgan fingerprint density at radius 2 is 1.69 bits per heavy atom. The van der Waals surface area contributed by atoms with Gasteiger partial charge in [0.25, 0.3) is 0 Å². The molecule has 0 saturated carbocycles. The highest BCUT2D eigenvalue weighted by molar-refractivity contribution is 6.74. The standard InChI is InChI=1S/C10H22O2Si/c1-8(11)9(2)12-13(6,7)10(3,4)5/h9H,1-7H3/t9-/m0/s1. The lowest BCUT2D eigenvalue weighted by atomic mass is 10.2. The number of Topliss-reactive ketones (excluding diaryl/α,β-unsaturated/α-hetero) is 1. The Morgan fingerprint density at radius 1 is 1.31 bits per heavy atom. The van der Waals surface area contributed by atoms with E-state index in [1.165, 1.54) is 0 Å². The normalized spacial score (nSPS) is 15.6. The van der Waals surface area contributed by atoms with E-state index < -0.39 is 8.32 Å². The van der Waals surface area contributed by atoms with E-state index in [4.69, 9.17) is 4.43 Å². The molecule has 0 aliphatic rings. The number of carbonyl (C=O) groups excluding carboxylic acids is 1. The minimum Gasteiger partial charge on any atom is -0.407 e. The van der Waals surface area contributed by atoms with Gasteiger partial charge in [-0.15, -0.1) is 0 Å². The van der Waals surface area contributed by atoms with Crippen molar-refractivity contribution < 1.29 is 9.22 Å². The first-order chi connectivity index (χ1) is 5.58. The number of hydrogen-bond donors (Lipinski definition) is 0. The van der Waals surface area contributed by atoms with Gasteiger partial charge in [0.05, 0.1) is 0 Å². The van der Waals surface area contributed by atoms with Gasteiger partial charge in [0.2, 0.25) is 0 Å². The van der Waals surface area contributed by atoms with E-state index in [9.17, 15) is 4.79 Å². The number of carbonyl (C=O) groups is 1. The molecule has 0 heterocycles. The number of hydrogen-bond acceptors (Lipinski definition) is 2. The van der Waals surface area contributed by atoms with E-state index in [1.807, 2.05) is 6.92 Å². The van der Waals surface area contributed by atoms with Crippen molar-refractivity contribution in [3.8, 4) is 0 Å². The zero-order valence-corrected chi connectivity index (χ0v) is 10.9. The second-order valence-electron chi connectivity index (χ2n) is 5.13. The maximum absolute atomic E-state index is 11.0. The molecule has 0 spiro atoms. The summed E-state index contributed by atoms with van der Waals surface area (Å²) in [6.45, 7) is 14.3. The Bertz CT molecular complexity index is 192. The second kappa shape index (κ2) is 3.92. The smallest absolute Gasteiger partial charge is 0.193 e. The molecule has 0 radical (unpaired) electrons. The molecule has 0 aromatic heterocycles. The van der Waals surface area contributed by atoms with Gasteiger partial charge in [-0.1, -0.05) is 20.8 Å². The molecular weight excluding hydrogens is 180 g/mol. The number of rotatable bonds is 3. The first-order valence-electron chi connectivity index (χ1n) is 4.76. The average molecular weight is 202 g/mol. The molecule has 0 aliphatic heterocycles. The van der Waals surface area contributed by atoms with E-state index in [0.29, 0.717) is 0 Å². The third kappa shape index (κ3) is 3.61. The summed E-state index contributed by atoms with van der Waals surface area (Å²) in [5.41, 5.74) is 0. The van der Waals surface area contributed by atoms with Crippen molar-refractivity contribution in [1.82, 2.24) is 0 Å². The zero-order valence-electron chi connectivity index (χ0n) is 9.89. The molecule has 78 valence electrons. The monoisotopic (exact) mass is 202 g/mol. The van der Waals surface area contributed by atoms with Crippen LogP contribution < -0.4 is 0 Å². The van der Waals surface area contributed by atoms with Gasteiger partial charge in [0.15, 0.2) is 14.1 Å². The summed E-state index contributed by atoms with van der Waals surface area (Å²) in [4.78, 5) is 11.0. The van der Waals surface area contributed by atoms with Crippen LogP contribution in [0, 0.1) is 0 Å². The zero-order chi connectivity index (χ0) is 10.9. The molecule has 0 aromatic carbocycles. The lowest BCUT2D eigenvalue weighted by Gasteiger charge is -2.37. The van der Waals surface area contributed by atoms with Crippen LogP contribution >= 0.6 is 0 Å². The molecule has 3 heteroatoms. The molecule has 1 atom stereocenters. The van der Waals surface area contributed by atoms with Crippen molar-refractivity contribution in [2.24, 2.45) is 0 Å². The van der Waals surface area contributed by atoms with E-state index in [2.05, 4.69) is 33.9 Å². The first kappa shape index (κ1) is 12.8. The van der Waals surface area contributed by atoms with Crippen LogP contribution in [0.4, 0.5) is 0 Å². The van der Waals surface area contributed by atoms with Gasteiger partial charge >= 0.3 is 0 Å². The fraction of sp³-hybridized carbons (Fsp3) is 0.900. The van der Waals surface area contributed by atoms with Crippen LogP contribution in [0.25, 0.3) is 0 Å². The molecule has 0 unspecified atom stereocenters. The van der Waals surface area contributed by atoms with E-state index in [-0.39, 0.29) is 16.9 Å². The van der Waals surface area contributed by atoms with Crippen LogP contribution in [0.1, 0.15) is 34.6 Å². The van der Waals surface area contributed by atoms with Crippen molar-refractivity contribution in [1.29, 1.82) is 0 Å². The predicted molar refractivity (Wildman–Crippen MR) is 58.4 cm³/mol. The van der Waals surface area contributed by atoms with Crippen LogP contribution in [0.5, 0.6) is 0 Å². The Balaban J connectivity index is 4.43. The highest BCUT2D eigenvalue weighted by Gasteiger charge is 2.38. The summed E-state index contributed by atoms with van der Waals surface area (Å²) in [6.07, 6.45) is -0.249. The summed E-state index contributed by atoms with van der Waals surface area (Å²) in [6, 6.07) is 0. The molecule has 13 heavy (non-hydrogen) atoms. The van der Waals surface area contributed by atoms with Gasteiger partial charge in [-0.05, 0) is 32.0 Å². The molecule has 0 aliphatic carbocycles. The summed E-state index contributed by atoms with van der Waals surface area (Å²) < 4.78 is 5.85. The fourth-order valence-corrected chi connectivity index (χ4v) is 2.11. The molecule has 0 bridgehead atoms. The van der Waals surface area contributed by atoms with Crippen molar-refractivity contribution in [2.45, 2.75) is 58.9 Å². The Hall–Kier alpha value is -0.153. The Kier molecular flexibility index (Phi) is 3.88. The van der Waals surface area contributed by atoms with Crippen molar-refractivity contribution in [3.63, 3.8) is 0 Å². The molecule has 0 saturated heterocycles. The van der Waals surface area contributed by atoms with E-state index in [1.54, 1.807) is 6.92 Å². The second-order valence-corrected chi connectivity index (χ2v) is 9.89. The number of ketones is 1. The predicted octanol–water partition coefficient (Wildman–Crippen LogP) is 2.99. The Labute approximate surface area is 82.8 Å². The lowest BCUT2D eigenvalue weighted by molar-refractivity contribution is -0.123. The van der Waals surface area contributed by atoms with Gasteiger partial charge in [0.1, 0.15) is 6.10 Å². The average Bonchev–Trinajstić information content (AvgIpc) is 1.83. The summed E-state index contributed by atoms with van der Waals surface area (Å²) >= 11 is 0. The molecule has 0 amide bonds. The van der Waals surface area contributed by atoms with Gasteiger partial charge in [-0.25, -0.2) is 0 Å². The fourth-order valence-electron chi connectivity index (χ4n) is 0.702. The molecule has 0 fully saturated rings. The highest BCUT2D eigenvalue weighted by atomic mass is 28.4. The Morgan fingerprint density at radius 3 is 1.92 bits per heavy atom. The maximum atomic E-state index is 11.0. The van der Waals surface area contributed by atoms with Crippen LogP contribution in [0.2, 0.25) is 18.1 Å². The van der Waals surface area contributed by atoms with Crippen molar-refractivity contribution in [3.05, 3.63) is 0 Å². The van der Waals surface area contributed by atoms with Crippen LogP contribution in [-0.4, -0.2) is 20.2 Å². The maximum Gasteiger partial charge on any atom is 0.193 e. The highest BCUT2D eigenvalue weighted by Crippen LogP contribution is 2.37. The SMILES string of the molecule is CC(=O)[C@H](C)O[Si](C)(C)C(C)(C)C. The summed E-state index contributed by atoms with van der Waals surface area (Å²) in [5, 5.41) is 0.177. The largest absolute Gasteiger partial charge is 0.407 e. The minimum absolute atomic E-state index is 0.116. The van der Waals surface area contributed by atoms with Crippen LogP contribution in [-0.2, 0) is 9.22 Å². The third-order valence-corrected chi connectivity index (χ3v) is 7.41. The van der Waals surface area contributed by atoms with Gasteiger partial charge in [0, 0.05) is 0 Å². The molecular formula is C10H22O2Si. The van der Waals surface area contributed by atoms with Gasteiger partial charge < -0.3 is 4.43 Å². The quantitative estimate of drug-likeness (QED) is 0.658. The molecule has 0 N–H and O–H groups in total. The van der Waals surface area contributed by atoms with Crippen LogP contribution in [0.15, 0.2) is 0 Å².